The molecule has 3 rings (SSSR count). The number of carbonyl (C=O) groups is 2. The van der Waals surface area contributed by atoms with Crippen molar-refractivity contribution in [2.75, 3.05) is 0 Å². The molecular weight excluding hydrogens is 214 g/mol. The van der Waals surface area contributed by atoms with Crippen molar-refractivity contribution in [1.82, 2.24) is 4.98 Å². The van der Waals surface area contributed by atoms with Gasteiger partial charge in [-0.1, -0.05) is 30.3 Å². The van der Waals surface area contributed by atoms with E-state index in [1.54, 1.807) is 12.1 Å². The fourth-order valence-corrected chi connectivity index (χ4v) is 2.14. The third kappa shape index (κ3) is 1.36. The van der Waals surface area contributed by atoms with Gasteiger partial charge >= 0.3 is 0 Å². The standard InChI is InChI=1S/C14H9NO2/c16-8-13(17)11-6-3-5-10-9-4-1-2-7-12(9)15-14(10)11/h1-8,15H. The molecule has 0 unspecified atom stereocenters. The van der Waals surface area contributed by atoms with E-state index in [1.807, 2.05) is 30.3 Å². The van der Waals surface area contributed by atoms with E-state index in [4.69, 9.17) is 0 Å². The summed E-state index contributed by atoms with van der Waals surface area (Å²) >= 11 is 0. The van der Waals surface area contributed by atoms with Gasteiger partial charge in [-0.3, -0.25) is 9.59 Å². The zero-order chi connectivity index (χ0) is 11.8. The Morgan fingerprint density at radius 2 is 1.76 bits per heavy atom. The van der Waals surface area contributed by atoms with Crippen LogP contribution in [0.3, 0.4) is 0 Å². The van der Waals surface area contributed by atoms with Crippen molar-refractivity contribution in [2.24, 2.45) is 0 Å². The van der Waals surface area contributed by atoms with Gasteiger partial charge in [0.1, 0.15) is 0 Å². The number of aldehydes is 1. The second-order valence-corrected chi connectivity index (χ2v) is 3.88. The SMILES string of the molecule is O=CC(=O)c1cccc2c1[nH]c1ccccc12. The van der Waals surface area contributed by atoms with Crippen LogP contribution < -0.4 is 0 Å². The number of para-hydroxylation sites is 2. The first kappa shape index (κ1) is 9.78. The van der Waals surface area contributed by atoms with Crippen LogP contribution in [0.25, 0.3) is 21.8 Å². The maximum Gasteiger partial charge on any atom is 0.227 e. The summed E-state index contributed by atoms with van der Waals surface area (Å²) in [6, 6.07) is 13.2. The first-order chi connectivity index (χ1) is 8.31. The number of rotatable bonds is 2. The topological polar surface area (TPSA) is 49.9 Å². The second kappa shape index (κ2) is 3.56. The summed E-state index contributed by atoms with van der Waals surface area (Å²) in [5.41, 5.74) is 2.12. The minimum atomic E-state index is -0.498. The molecule has 82 valence electrons. The quantitative estimate of drug-likeness (QED) is 0.412. The Morgan fingerprint density at radius 3 is 2.59 bits per heavy atom. The normalized spacial score (nSPS) is 10.8. The van der Waals surface area contributed by atoms with Crippen LogP contribution in [0.1, 0.15) is 10.4 Å². The molecule has 3 aromatic rings. The van der Waals surface area contributed by atoms with Gasteiger partial charge in [-0.2, -0.15) is 0 Å². The number of aromatic amines is 1. The summed E-state index contributed by atoms with van der Waals surface area (Å²) in [6.45, 7) is 0. The second-order valence-electron chi connectivity index (χ2n) is 3.88. The zero-order valence-electron chi connectivity index (χ0n) is 8.94. The molecule has 2 aromatic carbocycles. The fourth-order valence-electron chi connectivity index (χ4n) is 2.14. The highest BCUT2D eigenvalue weighted by molar-refractivity contribution is 6.36. The monoisotopic (exact) mass is 223 g/mol. The van der Waals surface area contributed by atoms with Crippen LogP contribution >= 0.6 is 0 Å². The zero-order valence-corrected chi connectivity index (χ0v) is 8.94. The number of hydrogen-bond donors (Lipinski definition) is 1. The highest BCUT2D eigenvalue weighted by atomic mass is 16.2. The number of carbonyl (C=O) groups excluding carboxylic acids is 2. The third-order valence-corrected chi connectivity index (χ3v) is 2.91. The van der Waals surface area contributed by atoms with E-state index in [9.17, 15) is 9.59 Å². The van der Waals surface area contributed by atoms with Crippen molar-refractivity contribution in [3.63, 3.8) is 0 Å². The number of benzene rings is 2. The summed E-state index contributed by atoms with van der Waals surface area (Å²) in [5, 5.41) is 2.02. The molecule has 0 saturated heterocycles. The Morgan fingerprint density at radius 1 is 1.00 bits per heavy atom. The molecule has 1 N–H and O–H groups in total. The molecule has 0 spiro atoms. The van der Waals surface area contributed by atoms with E-state index < -0.39 is 5.78 Å². The van der Waals surface area contributed by atoms with Crippen LogP contribution in [0.5, 0.6) is 0 Å². The van der Waals surface area contributed by atoms with E-state index in [1.165, 1.54) is 0 Å². The smallest absolute Gasteiger partial charge is 0.227 e. The molecule has 0 radical (unpaired) electrons. The van der Waals surface area contributed by atoms with Gasteiger partial charge in [0, 0.05) is 21.9 Å². The van der Waals surface area contributed by atoms with E-state index in [0.717, 1.165) is 21.8 Å². The van der Waals surface area contributed by atoms with Gasteiger partial charge in [-0.15, -0.1) is 0 Å². The van der Waals surface area contributed by atoms with Crippen molar-refractivity contribution < 1.29 is 9.59 Å². The van der Waals surface area contributed by atoms with Gasteiger partial charge in [-0.25, -0.2) is 0 Å². The van der Waals surface area contributed by atoms with Crippen LogP contribution in [0, 0.1) is 0 Å². The van der Waals surface area contributed by atoms with Crippen molar-refractivity contribution in [1.29, 1.82) is 0 Å². The molecular formula is C14H9NO2. The minimum absolute atomic E-state index is 0.347. The molecule has 3 nitrogen and oxygen atoms in total. The third-order valence-electron chi connectivity index (χ3n) is 2.91. The number of Topliss-reactive ketones (excluding diaryl/α,β-unsaturated/α-hetero) is 1. The fraction of sp³-hybridized carbons (Fsp3) is 0. The Hall–Kier alpha value is -2.42. The summed E-state index contributed by atoms with van der Waals surface area (Å²) in [5.74, 6) is -0.498. The van der Waals surface area contributed by atoms with Crippen LogP contribution in [0.15, 0.2) is 42.5 Å². The molecule has 0 aliphatic carbocycles. The predicted molar refractivity (Wildman–Crippen MR) is 66.2 cm³/mol. The lowest BCUT2D eigenvalue weighted by Gasteiger charge is -1.96. The van der Waals surface area contributed by atoms with E-state index in [2.05, 4.69) is 4.98 Å². The molecule has 0 amide bonds. The van der Waals surface area contributed by atoms with Crippen molar-refractivity contribution in [3.05, 3.63) is 48.0 Å². The van der Waals surface area contributed by atoms with E-state index in [0.29, 0.717) is 11.8 Å². The van der Waals surface area contributed by atoms with Gasteiger partial charge in [0.15, 0.2) is 6.29 Å². The predicted octanol–water partition coefficient (Wildman–Crippen LogP) is 2.70. The molecule has 0 aliphatic heterocycles. The van der Waals surface area contributed by atoms with Crippen LogP contribution in [-0.2, 0) is 4.79 Å². The first-order valence-electron chi connectivity index (χ1n) is 5.30. The van der Waals surface area contributed by atoms with E-state index >= 15 is 0 Å². The van der Waals surface area contributed by atoms with Gasteiger partial charge in [0.05, 0.1) is 5.52 Å². The molecule has 1 aromatic heterocycles. The summed E-state index contributed by atoms with van der Waals surface area (Å²) in [7, 11) is 0. The van der Waals surface area contributed by atoms with Gasteiger partial charge < -0.3 is 4.98 Å². The number of aromatic nitrogens is 1. The lowest BCUT2D eigenvalue weighted by molar-refractivity contribution is -0.104. The lowest BCUT2D eigenvalue weighted by Crippen LogP contribution is -2.00. The summed E-state index contributed by atoms with van der Waals surface area (Å²) < 4.78 is 0. The Bertz CT molecular complexity index is 740. The average molecular weight is 223 g/mol. The highest BCUT2D eigenvalue weighted by Gasteiger charge is 2.12. The van der Waals surface area contributed by atoms with E-state index in [-0.39, 0.29) is 0 Å². The van der Waals surface area contributed by atoms with Crippen LogP contribution in [-0.4, -0.2) is 17.1 Å². The maximum absolute atomic E-state index is 11.5. The molecule has 1 heterocycles. The molecule has 0 saturated carbocycles. The maximum atomic E-state index is 11.5. The molecule has 3 heteroatoms. The Labute approximate surface area is 97.1 Å². The van der Waals surface area contributed by atoms with Gasteiger partial charge in [0.2, 0.25) is 5.78 Å². The molecule has 0 aliphatic rings. The number of H-pyrrole nitrogens is 1. The van der Waals surface area contributed by atoms with Gasteiger partial charge in [-0.05, 0) is 12.1 Å². The Balaban J connectivity index is 2.47. The number of ketones is 1. The summed E-state index contributed by atoms with van der Waals surface area (Å²) in [4.78, 5) is 25.3. The molecule has 0 atom stereocenters. The van der Waals surface area contributed by atoms with Crippen LogP contribution in [0.2, 0.25) is 0 Å². The molecule has 17 heavy (non-hydrogen) atoms. The first-order valence-corrected chi connectivity index (χ1v) is 5.30. The van der Waals surface area contributed by atoms with Gasteiger partial charge in [0.25, 0.3) is 0 Å². The molecule has 0 fully saturated rings. The molecule has 0 bridgehead atoms. The van der Waals surface area contributed by atoms with Crippen molar-refractivity contribution in [2.45, 2.75) is 0 Å². The number of nitrogens with one attached hydrogen (secondary N) is 1. The number of fused-ring (bicyclic) bond motifs is 3. The summed E-state index contributed by atoms with van der Waals surface area (Å²) in [6.07, 6.45) is 0.347. The average Bonchev–Trinajstić information content (AvgIpc) is 2.76. The number of hydrogen-bond acceptors (Lipinski definition) is 2. The largest absolute Gasteiger partial charge is 0.354 e. The Kier molecular flexibility index (Phi) is 2.05. The highest BCUT2D eigenvalue weighted by Crippen LogP contribution is 2.27. The van der Waals surface area contributed by atoms with Crippen molar-refractivity contribution in [3.8, 4) is 0 Å². The van der Waals surface area contributed by atoms with Crippen LogP contribution in [0.4, 0.5) is 0 Å². The lowest BCUT2D eigenvalue weighted by atomic mass is 10.1. The van der Waals surface area contributed by atoms with Crippen molar-refractivity contribution >= 4 is 33.9 Å². The minimum Gasteiger partial charge on any atom is -0.354 e.